The molecule has 8 aromatic carbocycles. The van der Waals surface area contributed by atoms with Gasteiger partial charge in [-0.1, -0.05) is 194 Å². The number of fused-ring (bicyclic) bond motifs is 3. The van der Waals surface area contributed by atoms with Crippen molar-refractivity contribution in [2.75, 3.05) is 0 Å². The first-order chi connectivity index (χ1) is 26.1. The Hall–Kier alpha value is -5.59. The Morgan fingerprint density at radius 1 is 0.302 bits per heavy atom. The first kappa shape index (κ1) is 33.3. The lowest BCUT2D eigenvalue weighted by Crippen LogP contribution is -2.75. The van der Waals surface area contributed by atoms with Crippen molar-refractivity contribution in [3.63, 3.8) is 0 Å². The lowest BCUT2D eigenvalue weighted by atomic mass is 10.1. The van der Waals surface area contributed by atoms with Gasteiger partial charge in [-0.25, -0.2) is 0 Å². The molecule has 0 atom stereocenters. The quantitative estimate of drug-likeness (QED) is 0.113. The van der Waals surface area contributed by atoms with Gasteiger partial charge in [-0.3, -0.25) is 0 Å². The van der Waals surface area contributed by atoms with Crippen molar-refractivity contribution >= 4 is 89.2 Å². The van der Waals surface area contributed by atoms with Crippen molar-refractivity contribution < 1.29 is 0 Å². The van der Waals surface area contributed by atoms with Crippen LogP contribution >= 0.6 is 11.3 Å². The van der Waals surface area contributed by atoms with E-state index in [0.29, 0.717) is 0 Å². The summed E-state index contributed by atoms with van der Waals surface area (Å²) in [6, 6.07) is 78.0. The SMILES string of the molecule is Cc1cc2sc3cc(C)c([Si](c4ccccc4)(c4ccccc4)c4ccccc4)cc3c2cc1[Si](c1ccccc1)(c1ccccc1)c1ccccc1. The minimum atomic E-state index is -2.73. The third-order valence-electron chi connectivity index (χ3n) is 11.2. The van der Waals surface area contributed by atoms with Crippen LogP contribution in [0.1, 0.15) is 11.1 Å². The smallest absolute Gasteiger partial charge is 0.135 e. The second kappa shape index (κ2) is 13.8. The molecule has 0 nitrogen and oxygen atoms in total. The highest BCUT2D eigenvalue weighted by Crippen LogP contribution is 2.35. The Labute approximate surface area is 318 Å². The molecule has 0 saturated heterocycles. The molecule has 0 fully saturated rings. The third kappa shape index (κ3) is 5.38. The summed E-state index contributed by atoms with van der Waals surface area (Å²) in [6.45, 7) is 4.68. The van der Waals surface area contributed by atoms with Crippen LogP contribution in [-0.2, 0) is 0 Å². The van der Waals surface area contributed by atoms with E-state index in [-0.39, 0.29) is 0 Å². The van der Waals surface area contributed by atoms with Crippen LogP contribution < -0.4 is 41.5 Å². The Bertz CT molecular complexity index is 2270. The number of aryl methyl sites for hydroxylation is 2. The Morgan fingerprint density at radius 2 is 0.528 bits per heavy atom. The highest BCUT2D eigenvalue weighted by atomic mass is 32.1. The van der Waals surface area contributed by atoms with Crippen LogP contribution in [0.2, 0.25) is 0 Å². The van der Waals surface area contributed by atoms with E-state index in [0.717, 1.165) is 0 Å². The van der Waals surface area contributed by atoms with Gasteiger partial charge in [-0.05, 0) is 78.6 Å². The van der Waals surface area contributed by atoms with Gasteiger partial charge in [0.15, 0.2) is 16.1 Å². The molecule has 9 rings (SSSR count). The van der Waals surface area contributed by atoms with Gasteiger partial charge < -0.3 is 0 Å². The number of hydrogen-bond acceptors (Lipinski definition) is 1. The van der Waals surface area contributed by atoms with Gasteiger partial charge in [-0.2, -0.15) is 0 Å². The zero-order valence-electron chi connectivity index (χ0n) is 30.0. The van der Waals surface area contributed by atoms with E-state index in [1.165, 1.54) is 72.8 Å². The van der Waals surface area contributed by atoms with Gasteiger partial charge in [0.1, 0.15) is 0 Å². The Balaban J connectivity index is 1.40. The van der Waals surface area contributed by atoms with E-state index in [1.54, 1.807) is 0 Å². The molecule has 0 amide bonds. The van der Waals surface area contributed by atoms with E-state index in [1.807, 2.05) is 11.3 Å². The van der Waals surface area contributed by atoms with Crippen LogP contribution in [0, 0.1) is 13.8 Å². The molecule has 3 heteroatoms. The molecule has 0 unspecified atom stereocenters. The molecule has 0 radical (unpaired) electrons. The molecule has 0 bridgehead atoms. The maximum atomic E-state index is 2.60. The van der Waals surface area contributed by atoms with Gasteiger partial charge >= 0.3 is 0 Å². The van der Waals surface area contributed by atoms with Crippen LogP contribution in [0.15, 0.2) is 206 Å². The molecule has 0 saturated carbocycles. The average Bonchev–Trinajstić information content (AvgIpc) is 3.56. The minimum Gasteiger partial charge on any atom is -0.135 e. The van der Waals surface area contributed by atoms with E-state index < -0.39 is 16.1 Å². The standard InChI is InChI=1S/C50H40SSi2/c1-37-33-47-45(35-49(37)52(39-21-9-3-10-22-39,40-23-11-4-12-24-40)41-25-13-5-14-26-41)46-36-50(38(2)34-48(46)51-47)53(42-27-15-6-16-28-42,43-29-17-7-18-30-43)44-31-19-8-20-32-44/h3-36H,1-2H3. The van der Waals surface area contributed by atoms with Crippen LogP contribution in [0.25, 0.3) is 20.2 Å². The monoisotopic (exact) mass is 728 g/mol. The molecular weight excluding hydrogens is 689 g/mol. The second-order valence-electron chi connectivity index (χ2n) is 14.1. The van der Waals surface area contributed by atoms with E-state index in [9.17, 15) is 0 Å². The normalized spacial score (nSPS) is 12.0. The van der Waals surface area contributed by atoms with Crippen molar-refractivity contribution in [3.8, 4) is 0 Å². The van der Waals surface area contributed by atoms with Crippen LogP contribution in [-0.4, -0.2) is 16.1 Å². The molecule has 0 spiro atoms. The topological polar surface area (TPSA) is 0 Å². The lowest BCUT2D eigenvalue weighted by Gasteiger charge is -2.36. The van der Waals surface area contributed by atoms with E-state index >= 15 is 0 Å². The summed E-state index contributed by atoms with van der Waals surface area (Å²) in [4.78, 5) is 0. The Morgan fingerprint density at radius 3 is 0.755 bits per heavy atom. The summed E-state index contributed by atoms with van der Waals surface area (Å²) in [5.74, 6) is 0. The number of hydrogen-bond donors (Lipinski definition) is 0. The fourth-order valence-corrected chi connectivity index (χ4v) is 20.3. The number of benzene rings is 8. The molecule has 1 heterocycles. The first-order valence-corrected chi connectivity index (χ1v) is 23.2. The van der Waals surface area contributed by atoms with Crippen molar-refractivity contribution in [1.82, 2.24) is 0 Å². The number of rotatable bonds is 8. The van der Waals surface area contributed by atoms with Crippen molar-refractivity contribution in [1.29, 1.82) is 0 Å². The van der Waals surface area contributed by atoms with Crippen molar-refractivity contribution in [2.24, 2.45) is 0 Å². The van der Waals surface area contributed by atoms with Crippen LogP contribution in [0.5, 0.6) is 0 Å². The second-order valence-corrected chi connectivity index (χ2v) is 22.8. The number of thiophene rings is 1. The highest BCUT2D eigenvalue weighted by Gasteiger charge is 2.44. The summed E-state index contributed by atoms with van der Waals surface area (Å²) in [7, 11) is -5.46. The molecule has 0 aliphatic rings. The van der Waals surface area contributed by atoms with Gasteiger partial charge in [-0.15, -0.1) is 11.3 Å². The summed E-state index contributed by atoms with van der Waals surface area (Å²) >= 11 is 1.93. The van der Waals surface area contributed by atoms with E-state index in [2.05, 4.69) is 220 Å². The van der Waals surface area contributed by atoms with Crippen LogP contribution in [0.4, 0.5) is 0 Å². The maximum Gasteiger partial charge on any atom is 0.179 e. The molecule has 0 aliphatic heterocycles. The van der Waals surface area contributed by atoms with Gasteiger partial charge in [0, 0.05) is 20.2 Å². The van der Waals surface area contributed by atoms with Gasteiger partial charge in [0.05, 0.1) is 0 Å². The lowest BCUT2D eigenvalue weighted by molar-refractivity contribution is 1.54. The third-order valence-corrected chi connectivity index (χ3v) is 22.2. The summed E-state index contributed by atoms with van der Waals surface area (Å²) in [5.41, 5.74) is 2.71. The maximum absolute atomic E-state index is 2.73. The summed E-state index contributed by atoms with van der Waals surface area (Å²) < 4.78 is 2.70. The van der Waals surface area contributed by atoms with Crippen molar-refractivity contribution in [2.45, 2.75) is 13.8 Å². The van der Waals surface area contributed by atoms with Gasteiger partial charge in [0.25, 0.3) is 0 Å². The Kier molecular flexibility index (Phi) is 8.63. The molecular formula is C50H40SSi2. The highest BCUT2D eigenvalue weighted by molar-refractivity contribution is 7.26. The molecule has 9 aromatic rings. The predicted octanol–water partition coefficient (Wildman–Crippen LogP) is 7.43. The van der Waals surface area contributed by atoms with Crippen LogP contribution in [0.3, 0.4) is 0 Å². The molecule has 0 N–H and O–H groups in total. The fraction of sp³-hybridized carbons (Fsp3) is 0.0400. The zero-order chi connectivity index (χ0) is 35.8. The molecule has 53 heavy (non-hydrogen) atoms. The minimum absolute atomic E-state index is 1.35. The summed E-state index contributed by atoms with van der Waals surface area (Å²) in [6.07, 6.45) is 0. The molecule has 0 aliphatic carbocycles. The van der Waals surface area contributed by atoms with E-state index in [4.69, 9.17) is 0 Å². The average molecular weight is 729 g/mol. The van der Waals surface area contributed by atoms with Crippen molar-refractivity contribution in [3.05, 3.63) is 217 Å². The fourth-order valence-electron chi connectivity index (χ4n) is 8.94. The molecule has 1 aromatic heterocycles. The van der Waals surface area contributed by atoms with Gasteiger partial charge in [0.2, 0.25) is 0 Å². The molecule has 254 valence electrons. The largest absolute Gasteiger partial charge is 0.179 e. The zero-order valence-corrected chi connectivity index (χ0v) is 32.9. The predicted molar refractivity (Wildman–Crippen MR) is 236 cm³/mol. The summed E-state index contributed by atoms with van der Waals surface area (Å²) in [5, 5.41) is 14.0. The first-order valence-electron chi connectivity index (χ1n) is 18.4.